The second-order valence-corrected chi connectivity index (χ2v) is 9.95. The van der Waals surface area contributed by atoms with Crippen molar-refractivity contribution in [1.29, 1.82) is 0 Å². The van der Waals surface area contributed by atoms with E-state index in [1.54, 1.807) is 39.0 Å². The highest BCUT2D eigenvalue weighted by Crippen LogP contribution is 2.43. The van der Waals surface area contributed by atoms with Gasteiger partial charge < -0.3 is 45.7 Å². The first kappa shape index (κ1) is 31.7. The van der Waals surface area contributed by atoms with E-state index in [1.807, 2.05) is 6.92 Å². The number of aliphatic hydroxyl groups is 1. The zero-order valence-corrected chi connectivity index (χ0v) is 23.2. The number of hydrogen-bond donors (Lipinski definition) is 6. The van der Waals surface area contributed by atoms with Crippen LogP contribution in [0.2, 0.25) is 0 Å². The highest BCUT2D eigenvalue weighted by atomic mass is 16.6. The van der Waals surface area contributed by atoms with Crippen molar-refractivity contribution in [2.45, 2.75) is 65.0 Å². The molecular weight excluding hydrogens is 508 g/mol. The van der Waals surface area contributed by atoms with Gasteiger partial charge in [0.15, 0.2) is 17.6 Å². The maximum Gasteiger partial charge on any atom is 0.405 e. The van der Waals surface area contributed by atoms with E-state index in [0.29, 0.717) is 12.0 Å². The van der Waals surface area contributed by atoms with E-state index in [1.165, 1.54) is 20.3 Å². The van der Waals surface area contributed by atoms with Crippen LogP contribution in [0.15, 0.2) is 41.5 Å². The lowest BCUT2D eigenvalue weighted by atomic mass is 9.88. The Labute approximate surface area is 228 Å². The van der Waals surface area contributed by atoms with Gasteiger partial charge in [-0.2, -0.15) is 0 Å². The molecule has 2 amide bonds. The van der Waals surface area contributed by atoms with Gasteiger partial charge in [-0.05, 0) is 38.2 Å². The largest absolute Gasteiger partial charge is 0.505 e. The van der Waals surface area contributed by atoms with Crippen LogP contribution in [0.25, 0.3) is 0 Å². The summed E-state index contributed by atoms with van der Waals surface area (Å²) in [5.41, 5.74) is 6.12. The third kappa shape index (κ3) is 8.22. The molecule has 7 N–H and O–H groups in total. The van der Waals surface area contributed by atoms with E-state index in [4.69, 9.17) is 19.9 Å². The lowest BCUT2D eigenvalue weighted by Gasteiger charge is -2.29. The number of methoxy groups -OCH3 is 2. The van der Waals surface area contributed by atoms with E-state index in [0.717, 1.165) is 6.07 Å². The van der Waals surface area contributed by atoms with Gasteiger partial charge in [-0.1, -0.05) is 38.2 Å². The Morgan fingerprint density at radius 1 is 1.10 bits per heavy atom. The maximum absolute atomic E-state index is 12.8. The quantitative estimate of drug-likeness (QED) is 0.188. The number of allylic oxidation sites excluding steroid dienone is 2. The third-order valence-corrected chi connectivity index (χ3v) is 6.80. The van der Waals surface area contributed by atoms with Crippen LogP contribution in [0.1, 0.15) is 39.7 Å². The van der Waals surface area contributed by atoms with Crippen LogP contribution in [0.3, 0.4) is 0 Å². The number of benzene rings is 1. The summed E-state index contributed by atoms with van der Waals surface area (Å²) >= 11 is 0. The molecule has 216 valence electrons. The number of aromatic hydroxyl groups is 3. The Morgan fingerprint density at radius 2 is 1.77 bits per heavy atom. The SMILES string of the molecule is COC1C=CC=C(C)C(=O)Nc2cc(O)c(O)c(c2O)CC(C)CC(OC)C(O)C(C)C=C(C)C1OC(N)=O. The van der Waals surface area contributed by atoms with Crippen molar-refractivity contribution in [1.82, 2.24) is 0 Å². The first-order chi connectivity index (χ1) is 18.3. The molecule has 2 bridgehead atoms. The van der Waals surface area contributed by atoms with Crippen LogP contribution in [0, 0.1) is 11.8 Å². The van der Waals surface area contributed by atoms with Gasteiger partial charge in [0.05, 0.1) is 17.9 Å². The molecule has 1 aliphatic heterocycles. The molecule has 0 fully saturated rings. The zero-order valence-electron chi connectivity index (χ0n) is 23.2. The number of nitrogens with two attached hydrogens (primary N) is 1. The summed E-state index contributed by atoms with van der Waals surface area (Å²) in [5, 5.41) is 45.2. The van der Waals surface area contributed by atoms with Crippen molar-refractivity contribution in [3.63, 3.8) is 0 Å². The highest BCUT2D eigenvalue weighted by molar-refractivity contribution is 6.04. The van der Waals surface area contributed by atoms with E-state index in [-0.39, 0.29) is 34.9 Å². The van der Waals surface area contributed by atoms with Gasteiger partial charge in [0, 0.05) is 37.3 Å². The Morgan fingerprint density at radius 3 is 2.36 bits per heavy atom. The molecule has 11 heteroatoms. The Bertz CT molecular complexity index is 1130. The fraction of sp³-hybridized carbons (Fsp3) is 0.500. The zero-order chi connectivity index (χ0) is 29.4. The second-order valence-electron chi connectivity index (χ2n) is 9.95. The Hall–Kier alpha value is -3.54. The summed E-state index contributed by atoms with van der Waals surface area (Å²) in [6, 6.07) is 1.06. The number of phenols is 3. The number of aliphatic hydroxyl groups excluding tert-OH is 1. The Kier molecular flexibility index (Phi) is 11.4. The van der Waals surface area contributed by atoms with Crippen LogP contribution >= 0.6 is 0 Å². The number of carbonyl (C=O) groups excluding carboxylic acids is 2. The van der Waals surface area contributed by atoms with Crippen LogP contribution in [0.4, 0.5) is 10.5 Å². The first-order valence-electron chi connectivity index (χ1n) is 12.6. The number of phenolic OH excluding ortho intramolecular Hbond substituents is 3. The molecule has 0 aromatic heterocycles. The molecule has 6 atom stereocenters. The van der Waals surface area contributed by atoms with Crippen molar-refractivity contribution in [2.75, 3.05) is 19.5 Å². The minimum absolute atomic E-state index is 0.0553. The van der Waals surface area contributed by atoms with Crippen molar-refractivity contribution < 1.29 is 44.2 Å². The number of anilines is 1. The average Bonchev–Trinajstić information content (AvgIpc) is 2.88. The molecule has 11 nitrogen and oxygen atoms in total. The highest BCUT2D eigenvalue weighted by Gasteiger charge is 2.30. The fourth-order valence-corrected chi connectivity index (χ4v) is 4.59. The van der Waals surface area contributed by atoms with Gasteiger partial charge in [-0.3, -0.25) is 4.79 Å². The molecule has 0 saturated heterocycles. The molecule has 0 spiro atoms. The van der Waals surface area contributed by atoms with E-state index in [2.05, 4.69) is 5.32 Å². The topological polar surface area (TPSA) is 181 Å². The molecule has 0 aliphatic carbocycles. The van der Waals surface area contributed by atoms with Gasteiger partial charge in [0.2, 0.25) is 0 Å². The van der Waals surface area contributed by atoms with Crippen LogP contribution < -0.4 is 11.1 Å². The number of carbonyl (C=O) groups is 2. The summed E-state index contributed by atoms with van der Waals surface area (Å²) in [5.74, 6) is -2.62. The molecule has 1 heterocycles. The monoisotopic (exact) mass is 548 g/mol. The number of hydrogen-bond acceptors (Lipinski definition) is 9. The fourth-order valence-electron chi connectivity index (χ4n) is 4.59. The molecule has 2 rings (SSSR count). The predicted molar refractivity (Wildman–Crippen MR) is 145 cm³/mol. The standard InChI is InChI=1S/C28H40N2O9/c1-14-10-18-24(33)19(13-20(31)25(18)34)30-27(35)15(2)8-7-9-21(37-5)26(39-28(29)36)17(4)12-16(3)23(32)22(11-14)38-6/h7-9,12-14,16,21-23,26,31-34H,10-11H2,1-6H3,(H2,29,36)(H,30,35). The molecule has 1 aromatic carbocycles. The first-order valence-corrected chi connectivity index (χ1v) is 12.6. The van der Waals surface area contributed by atoms with E-state index < -0.39 is 53.8 Å². The minimum atomic E-state index is -1.00. The van der Waals surface area contributed by atoms with Crippen LogP contribution in [-0.4, -0.2) is 71.1 Å². The molecule has 1 aromatic rings. The summed E-state index contributed by atoms with van der Waals surface area (Å²) in [6.45, 7) is 6.89. The molecule has 39 heavy (non-hydrogen) atoms. The van der Waals surface area contributed by atoms with Crippen LogP contribution in [-0.2, 0) is 25.4 Å². The normalized spacial score (nSPS) is 27.3. The lowest BCUT2D eigenvalue weighted by molar-refractivity contribution is -0.112. The van der Waals surface area contributed by atoms with E-state index >= 15 is 0 Å². The van der Waals surface area contributed by atoms with Crippen molar-refractivity contribution in [3.8, 4) is 17.2 Å². The van der Waals surface area contributed by atoms with Crippen molar-refractivity contribution >= 4 is 17.7 Å². The minimum Gasteiger partial charge on any atom is -0.505 e. The van der Waals surface area contributed by atoms with Crippen molar-refractivity contribution in [3.05, 3.63) is 47.1 Å². The third-order valence-electron chi connectivity index (χ3n) is 6.80. The summed E-state index contributed by atoms with van der Waals surface area (Å²) in [7, 11) is 2.90. The summed E-state index contributed by atoms with van der Waals surface area (Å²) in [4.78, 5) is 24.5. The number of ether oxygens (including phenoxy) is 3. The average molecular weight is 549 g/mol. The van der Waals surface area contributed by atoms with Crippen molar-refractivity contribution in [2.24, 2.45) is 17.6 Å². The number of primary amides is 1. The van der Waals surface area contributed by atoms with Crippen LogP contribution in [0.5, 0.6) is 17.2 Å². The van der Waals surface area contributed by atoms with Gasteiger partial charge >= 0.3 is 6.09 Å². The Balaban J connectivity index is 2.62. The van der Waals surface area contributed by atoms with Gasteiger partial charge in [-0.15, -0.1) is 0 Å². The van der Waals surface area contributed by atoms with Gasteiger partial charge in [0.1, 0.15) is 11.9 Å². The number of amides is 2. The van der Waals surface area contributed by atoms with Gasteiger partial charge in [-0.25, -0.2) is 4.79 Å². The number of rotatable bonds is 3. The number of nitrogens with one attached hydrogen (secondary N) is 1. The molecule has 6 unspecified atom stereocenters. The van der Waals surface area contributed by atoms with E-state index in [9.17, 15) is 30.0 Å². The molecule has 0 saturated carbocycles. The lowest BCUT2D eigenvalue weighted by Crippen LogP contribution is -2.37. The summed E-state index contributed by atoms with van der Waals surface area (Å²) in [6.07, 6.45) is 2.53. The second kappa shape index (κ2) is 14.0. The molecule has 0 radical (unpaired) electrons. The van der Waals surface area contributed by atoms with Gasteiger partial charge in [0.25, 0.3) is 5.91 Å². The maximum atomic E-state index is 12.8. The molecule has 1 aliphatic rings. The predicted octanol–water partition coefficient (Wildman–Crippen LogP) is 3.26. The smallest absolute Gasteiger partial charge is 0.405 e. The number of fused-ring (bicyclic) bond motifs is 2. The summed E-state index contributed by atoms with van der Waals surface area (Å²) < 4.78 is 16.4. The molecular formula is C28H40N2O9.